The molecule has 3 rings (SSSR count). The summed E-state index contributed by atoms with van der Waals surface area (Å²) in [6, 6.07) is 4.34. The molecule has 1 aliphatic carbocycles. The number of unbranched alkanes of at least 4 members (excludes halogenated alkanes) is 1. The minimum Gasteiger partial charge on any atom is -0.340 e. The van der Waals surface area contributed by atoms with E-state index in [1.807, 2.05) is 9.80 Å². The van der Waals surface area contributed by atoms with Gasteiger partial charge in [0, 0.05) is 51.7 Å². The van der Waals surface area contributed by atoms with E-state index in [-0.39, 0.29) is 11.8 Å². The number of thiophene rings is 1. The van der Waals surface area contributed by atoms with E-state index in [0.717, 1.165) is 58.0 Å². The number of piperazine rings is 1. The molecule has 1 saturated carbocycles. The maximum atomic E-state index is 12.6. The number of hydrogen-bond acceptors (Lipinski definition) is 4. The standard InChI is InChI=1S/C21H32ClN3O2S/c1-2-11-25(21(27)18-9-10-19(22)28-18)12-4-3-8-20(26)24-15-13-23(14-16-24)17-6-5-7-17/h9-10,17H,2-8,11-16H2,1H3. The zero-order valence-electron chi connectivity index (χ0n) is 16.9. The van der Waals surface area contributed by atoms with Gasteiger partial charge in [0.15, 0.2) is 0 Å². The highest BCUT2D eigenvalue weighted by atomic mass is 35.5. The summed E-state index contributed by atoms with van der Waals surface area (Å²) < 4.78 is 0.641. The Morgan fingerprint density at radius 2 is 1.89 bits per heavy atom. The molecule has 0 bridgehead atoms. The molecular weight excluding hydrogens is 394 g/mol. The molecule has 5 nitrogen and oxygen atoms in total. The quantitative estimate of drug-likeness (QED) is 0.559. The molecule has 0 spiro atoms. The fraction of sp³-hybridized carbons (Fsp3) is 0.714. The second-order valence-electron chi connectivity index (χ2n) is 7.85. The van der Waals surface area contributed by atoms with E-state index in [1.165, 1.54) is 30.6 Å². The van der Waals surface area contributed by atoms with E-state index in [0.29, 0.717) is 22.2 Å². The van der Waals surface area contributed by atoms with E-state index < -0.39 is 0 Å². The molecule has 1 aromatic heterocycles. The summed E-state index contributed by atoms with van der Waals surface area (Å²) in [7, 11) is 0. The fourth-order valence-electron chi connectivity index (χ4n) is 4.00. The third-order valence-electron chi connectivity index (χ3n) is 5.89. The van der Waals surface area contributed by atoms with Gasteiger partial charge < -0.3 is 9.80 Å². The molecule has 1 saturated heterocycles. The van der Waals surface area contributed by atoms with Gasteiger partial charge in [-0.15, -0.1) is 11.3 Å². The number of amides is 2. The first-order valence-corrected chi connectivity index (χ1v) is 11.8. The topological polar surface area (TPSA) is 43.9 Å². The first-order chi connectivity index (χ1) is 13.6. The highest BCUT2D eigenvalue weighted by molar-refractivity contribution is 7.17. The van der Waals surface area contributed by atoms with Gasteiger partial charge in [0.25, 0.3) is 5.91 Å². The van der Waals surface area contributed by atoms with Gasteiger partial charge in [0.05, 0.1) is 9.21 Å². The second-order valence-corrected chi connectivity index (χ2v) is 9.57. The minimum absolute atomic E-state index is 0.0530. The summed E-state index contributed by atoms with van der Waals surface area (Å²) in [5.74, 6) is 0.323. The first-order valence-electron chi connectivity index (χ1n) is 10.6. The van der Waals surface area contributed by atoms with Crippen LogP contribution in [0.25, 0.3) is 0 Å². The van der Waals surface area contributed by atoms with Gasteiger partial charge in [0.2, 0.25) is 5.91 Å². The number of rotatable bonds is 9. The lowest BCUT2D eigenvalue weighted by Crippen LogP contribution is -2.53. The van der Waals surface area contributed by atoms with Gasteiger partial charge in [-0.3, -0.25) is 14.5 Å². The summed E-state index contributed by atoms with van der Waals surface area (Å²) in [5.41, 5.74) is 0. The van der Waals surface area contributed by atoms with Gasteiger partial charge in [-0.2, -0.15) is 0 Å². The molecule has 2 aliphatic rings. The van der Waals surface area contributed by atoms with Crippen LogP contribution in [0.1, 0.15) is 61.5 Å². The van der Waals surface area contributed by atoms with Crippen LogP contribution in [0.5, 0.6) is 0 Å². The zero-order chi connectivity index (χ0) is 19.9. The average molecular weight is 426 g/mol. The van der Waals surface area contributed by atoms with Gasteiger partial charge in [0.1, 0.15) is 0 Å². The van der Waals surface area contributed by atoms with Crippen molar-refractivity contribution in [2.75, 3.05) is 39.3 Å². The Balaban J connectivity index is 1.36. The molecule has 0 N–H and O–H groups in total. The largest absolute Gasteiger partial charge is 0.340 e. The molecular formula is C21H32ClN3O2S. The van der Waals surface area contributed by atoms with Crippen LogP contribution < -0.4 is 0 Å². The summed E-state index contributed by atoms with van der Waals surface area (Å²) in [5, 5.41) is 0. The summed E-state index contributed by atoms with van der Waals surface area (Å²) in [6.07, 6.45) is 7.23. The smallest absolute Gasteiger partial charge is 0.263 e. The Morgan fingerprint density at radius 3 is 2.46 bits per heavy atom. The molecule has 7 heteroatoms. The van der Waals surface area contributed by atoms with Crippen LogP contribution in [0.2, 0.25) is 4.34 Å². The number of carbonyl (C=O) groups is 2. The lowest BCUT2D eigenvalue weighted by atomic mass is 9.91. The lowest BCUT2D eigenvalue weighted by molar-refractivity contribution is -0.133. The molecule has 1 aromatic rings. The van der Waals surface area contributed by atoms with Crippen molar-refractivity contribution in [3.8, 4) is 0 Å². The lowest BCUT2D eigenvalue weighted by Gasteiger charge is -2.43. The molecule has 2 amide bonds. The molecule has 1 aliphatic heterocycles. The summed E-state index contributed by atoms with van der Waals surface area (Å²) in [6.45, 7) is 7.31. The van der Waals surface area contributed by atoms with Gasteiger partial charge in [-0.05, 0) is 44.2 Å². The highest BCUT2D eigenvalue weighted by Crippen LogP contribution is 2.26. The average Bonchev–Trinajstić information content (AvgIpc) is 3.09. The van der Waals surface area contributed by atoms with Crippen LogP contribution in [-0.4, -0.2) is 71.8 Å². The van der Waals surface area contributed by atoms with E-state index >= 15 is 0 Å². The number of nitrogens with zero attached hydrogens (tertiary/aromatic N) is 3. The molecule has 2 fully saturated rings. The summed E-state index contributed by atoms with van der Waals surface area (Å²) in [4.78, 5) is 32.3. The van der Waals surface area contributed by atoms with Crippen molar-refractivity contribution in [1.29, 1.82) is 0 Å². The van der Waals surface area contributed by atoms with E-state index in [4.69, 9.17) is 11.6 Å². The van der Waals surface area contributed by atoms with Crippen molar-refractivity contribution in [2.45, 2.75) is 57.9 Å². The van der Waals surface area contributed by atoms with Crippen molar-refractivity contribution in [3.63, 3.8) is 0 Å². The second kappa shape index (κ2) is 10.6. The fourth-order valence-corrected chi connectivity index (χ4v) is 5.01. The predicted octanol–water partition coefficient (Wildman–Crippen LogP) is 4.12. The van der Waals surface area contributed by atoms with E-state index in [2.05, 4.69) is 11.8 Å². The van der Waals surface area contributed by atoms with E-state index in [9.17, 15) is 9.59 Å². The highest BCUT2D eigenvalue weighted by Gasteiger charge is 2.29. The van der Waals surface area contributed by atoms with Crippen molar-refractivity contribution in [1.82, 2.24) is 14.7 Å². The Kier molecular flexibility index (Phi) is 8.18. The first kappa shape index (κ1) is 21.6. The molecule has 0 radical (unpaired) electrons. The number of carbonyl (C=O) groups excluding carboxylic acids is 2. The van der Waals surface area contributed by atoms with Crippen LogP contribution in [-0.2, 0) is 4.79 Å². The van der Waals surface area contributed by atoms with Crippen LogP contribution in [0, 0.1) is 0 Å². The third-order valence-corrected chi connectivity index (χ3v) is 7.11. The minimum atomic E-state index is 0.0530. The normalized spacial score (nSPS) is 18.1. The molecule has 0 aromatic carbocycles. The van der Waals surface area contributed by atoms with Crippen molar-refractivity contribution in [3.05, 3.63) is 21.3 Å². The van der Waals surface area contributed by atoms with Crippen molar-refractivity contribution >= 4 is 34.8 Å². The molecule has 0 unspecified atom stereocenters. The maximum Gasteiger partial charge on any atom is 0.263 e. The monoisotopic (exact) mass is 425 g/mol. The molecule has 28 heavy (non-hydrogen) atoms. The Labute approximate surface area is 177 Å². The van der Waals surface area contributed by atoms with E-state index in [1.54, 1.807) is 12.1 Å². The molecule has 156 valence electrons. The van der Waals surface area contributed by atoms with Gasteiger partial charge in [-0.25, -0.2) is 0 Å². The predicted molar refractivity (Wildman–Crippen MR) is 115 cm³/mol. The van der Waals surface area contributed by atoms with Crippen molar-refractivity contribution in [2.24, 2.45) is 0 Å². The zero-order valence-corrected chi connectivity index (χ0v) is 18.4. The molecule has 0 atom stereocenters. The number of hydrogen-bond donors (Lipinski definition) is 0. The summed E-state index contributed by atoms with van der Waals surface area (Å²) >= 11 is 7.29. The Morgan fingerprint density at radius 1 is 1.14 bits per heavy atom. The third kappa shape index (κ3) is 5.71. The van der Waals surface area contributed by atoms with Gasteiger partial charge in [-0.1, -0.05) is 24.9 Å². The van der Waals surface area contributed by atoms with Crippen LogP contribution in [0.4, 0.5) is 0 Å². The van der Waals surface area contributed by atoms with Crippen molar-refractivity contribution < 1.29 is 9.59 Å². The maximum absolute atomic E-state index is 12.6. The van der Waals surface area contributed by atoms with Crippen LogP contribution >= 0.6 is 22.9 Å². The van der Waals surface area contributed by atoms with Crippen LogP contribution in [0.15, 0.2) is 12.1 Å². The SMILES string of the molecule is CCCN(CCCCC(=O)N1CCN(C2CCC2)CC1)C(=O)c1ccc(Cl)s1. The molecule has 2 heterocycles. The van der Waals surface area contributed by atoms with Gasteiger partial charge >= 0.3 is 0 Å². The van der Waals surface area contributed by atoms with Crippen LogP contribution in [0.3, 0.4) is 0 Å². The number of halogens is 1. The Bertz CT molecular complexity index is 654. The Hall–Kier alpha value is -1.11.